The molecule has 0 bridgehead atoms. The Morgan fingerprint density at radius 1 is 1.50 bits per heavy atom. The molecule has 94 valence electrons. The molecule has 0 spiro atoms. The van der Waals surface area contributed by atoms with Gasteiger partial charge in [-0.2, -0.15) is 11.8 Å². The molecule has 1 aliphatic heterocycles. The summed E-state index contributed by atoms with van der Waals surface area (Å²) in [5, 5.41) is 3.48. The molecule has 0 aromatic rings. The normalized spacial score (nSPS) is 20.8. The van der Waals surface area contributed by atoms with Gasteiger partial charge in [-0.1, -0.05) is 6.42 Å². The molecule has 0 aromatic carbocycles. The second kappa shape index (κ2) is 7.96. The molecule has 1 atom stereocenters. The molecule has 16 heavy (non-hydrogen) atoms. The minimum Gasteiger partial charge on any atom is -0.345 e. The molecule has 0 saturated carbocycles. The summed E-state index contributed by atoms with van der Waals surface area (Å²) in [6, 6.07) is 0.576. The largest absolute Gasteiger partial charge is 0.345 e. The zero-order valence-corrected chi connectivity index (χ0v) is 11.3. The van der Waals surface area contributed by atoms with Crippen molar-refractivity contribution in [2.45, 2.75) is 38.1 Å². The maximum Gasteiger partial charge on any atom is 0.222 e. The molecule has 1 unspecified atom stereocenters. The Balaban J connectivity index is 2.12. The third-order valence-electron chi connectivity index (χ3n) is 3.18. The van der Waals surface area contributed by atoms with Crippen LogP contribution in [0, 0.1) is 0 Å². The fraction of sp³-hybridized carbons (Fsp3) is 0.917. The van der Waals surface area contributed by atoms with Crippen molar-refractivity contribution in [2.75, 3.05) is 32.1 Å². The van der Waals surface area contributed by atoms with Gasteiger partial charge in [-0.3, -0.25) is 4.79 Å². The number of piperidine rings is 1. The SMILES string of the molecule is CSCCN(C)C(=O)CCC1CCCCN1. The quantitative estimate of drug-likeness (QED) is 0.772. The Hall–Kier alpha value is -0.220. The van der Waals surface area contributed by atoms with Gasteiger partial charge in [-0.25, -0.2) is 0 Å². The summed E-state index contributed by atoms with van der Waals surface area (Å²) in [6.45, 7) is 2.00. The summed E-state index contributed by atoms with van der Waals surface area (Å²) in [7, 11) is 1.91. The number of rotatable bonds is 6. The van der Waals surface area contributed by atoms with E-state index in [-0.39, 0.29) is 0 Å². The molecule has 1 heterocycles. The second-order valence-electron chi connectivity index (χ2n) is 4.49. The van der Waals surface area contributed by atoms with E-state index >= 15 is 0 Å². The van der Waals surface area contributed by atoms with E-state index in [1.54, 1.807) is 11.8 Å². The average molecular weight is 244 g/mol. The molecule has 1 aliphatic rings. The van der Waals surface area contributed by atoms with Crippen LogP contribution in [-0.4, -0.2) is 49.0 Å². The highest BCUT2D eigenvalue weighted by molar-refractivity contribution is 7.98. The molecule has 0 radical (unpaired) electrons. The Morgan fingerprint density at radius 3 is 2.94 bits per heavy atom. The van der Waals surface area contributed by atoms with Crippen LogP contribution in [-0.2, 0) is 4.79 Å². The van der Waals surface area contributed by atoms with Crippen LogP contribution in [0.1, 0.15) is 32.1 Å². The van der Waals surface area contributed by atoms with Gasteiger partial charge in [-0.15, -0.1) is 0 Å². The summed E-state index contributed by atoms with van der Waals surface area (Å²) >= 11 is 1.79. The number of thioether (sulfide) groups is 1. The van der Waals surface area contributed by atoms with Crippen molar-refractivity contribution >= 4 is 17.7 Å². The number of nitrogens with zero attached hydrogens (tertiary/aromatic N) is 1. The highest BCUT2D eigenvalue weighted by Gasteiger charge is 2.15. The van der Waals surface area contributed by atoms with Crippen molar-refractivity contribution in [3.63, 3.8) is 0 Å². The van der Waals surface area contributed by atoms with Gasteiger partial charge in [0.25, 0.3) is 0 Å². The monoisotopic (exact) mass is 244 g/mol. The highest BCUT2D eigenvalue weighted by atomic mass is 32.2. The Morgan fingerprint density at radius 2 is 2.31 bits per heavy atom. The first-order valence-electron chi connectivity index (χ1n) is 6.20. The van der Waals surface area contributed by atoms with Crippen LogP contribution >= 0.6 is 11.8 Å². The summed E-state index contributed by atoms with van der Waals surface area (Å²) in [5.41, 5.74) is 0. The van der Waals surface area contributed by atoms with Crippen LogP contribution in [0.2, 0.25) is 0 Å². The van der Waals surface area contributed by atoms with Gasteiger partial charge in [0.05, 0.1) is 0 Å². The van der Waals surface area contributed by atoms with Crippen molar-refractivity contribution in [1.29, 1.82) is 0 Å². The van der Waals surface area contributed by atoms with E-state index in [0.717, 1.165) is 25.3 Å². The van der Waals surface area contributed by atoms with Gasteiger partial charge in [0.2, 0.25) is 5.91 Å². The predicted octanol–water partition coefficient (Wildman–Crippen LogP) is 1.73. The maximum atomic E-state index is 11.8. The van der Waals surface area contributed by atoms with E-state index in [0.29, 0.717) is 18.4 Å². The third-order valence-corrected chi connectivity index (χ3v) is 3.77. The lowest BCUT2D eigenvalue weighted by molar-refractivity contribution is -0.129. The number of hydrogen-bond acceptors (Lipinski definition) is 3. The standard InChI is InChI=1S/C12H24N2OS/c1-14(9-10-16-2)12(15)7-6-11-5-3-4-8-13-11/h11,13H,3-10H2,1-2H3. The van der Waals surface area contributed by atoms with Crippen LogP contribution in [0.25, 0.3) is 0 Å². The van der Waals surface area contributed by atoms with Crippen LogP contribution in [0.15, 0.2) is 0 Å². The topological polar surface area (TPSA) is 32.3 Å². The molecule has 1 saturated heterocycles. The summed E-state index contributed by atoms with van der Waals surface area (Å²) in [4.78, 5) is 13.6. The van der Waals surface area contributed by atoms with Crippen LogP contribution in [0.3, 0.4) is 0 Å². The molecule has 0 aliphatic carbocycles. The Bertz CT molecular complexity index is 205. The Kier molecular flexibility index (Phi) is 6.88. The predicted molar refractivity (Wildman–Crippen MR) is 70.9 cm³/mol. The van der Waals surface area contributed by atoms with E-state index in [9.17, 15) is 4.79 Å². The maximum absolute atomic E-state index is 11.8. The van der Waals surface area contributed by atoms with Gasteiger partial charge in [0.1, 0.15) is 0 Å². The Labute approximate surface area is 103 Å². The summed E-state index contributed by atoms with van der Waals surface area (Å²) in [5.74, 6) is 1.32. The van der Waals surface area contributed by atoms with E-state index in [4.69, 9.17) is 0 Å². The lowest BCUT2D eigenvalue weighted by Crippen LogP contribution is -2.36. The zero-order valence-electron chi connectivity index (χ0n) is 10.5. The third kappa shape index (κ3) is 5.21. The number of hydrogen-bond donors (Lipinski definition) is 1. The molecular weight excluding hydrogens is 220 g/mol. The molecular formula is C12H24N2OS. The minimum atomic E-state index is 0.293. The first kappa shape index (κ1) is 13.8. The zero-order chi connectivity index (χ0) is 11.8. The molecule has 3 nitrogen and oxygen atoms in total. The van der Waals surface area contributed by atoms with Gasteiger partial charge in [0, 0.05) is 31.8 Å². The number of carbonyl (C=O) groups excluding carboxylic acids is 1. The van der Waals surface area contributed by atoms with E-state index in [2.05, 4.69) is 11.6 Å². The van der Waals surface area contributed by atoms with Crippen LogP contribution < -0.4 is 5.32 Å². The van der Waals surface area contributed by atoms with Crippen molar-refractivity contribution in [3.8, 4) is 0 Å². The molecule has 4 heteroatoms. The molecule has 1 fully saturated rings. The van der Waals surface area contributed by atoms with Crippen LogP contribution in [0.4, 0.5) is 0 Å². The van der Waals surface area contributed by atoms with E-state index in [1.165, 1.54) is 19.3 Å². The first-order chi connectivity index (χ1) is 7.74. The molecule has 1 N–H and O–H groups in total. The lowest BCUT2D eigenvalue weighted by Gasteiger charge is -2.24. The van der Waals surface area contributed by atoms with Gasteiger partial charge in [-0.05, 0) is 32.1 Å². The van der Waals surface area contributed by atoms with E-state index in [1.807, 2.05) is 11.9 Å². The second-order valence-corrected chi connectivity index (χ2v) is 5.48. The minimum absolute atomic E-state index is 0.293. The van der Waals surface area contributed by atoms with Crippen LogP contribution in [0.5, 0.6) is 0 Å². The lowest BCUT2D eigenvalue weighted by atomic mass is 10.0. The van der Waals surface area contributed by atoms with Gasteiger partial charge < -0.3 is 10.2 Å². The van der Waals surface area contributed by atoms with Crippen molar-refractivity contribution < 1.29 is 4.79 Å². The fourth-order valence-corrected chi connectivity index (χ4v) is 2.47. The first-order valence-corrected chi connectivity index (χ1v) is 7.59. The smallest absolute Gasteiger partial charge is 0.222 e. The number of amides is 1. The number of carbonyl (C=O) groups is 1. The van der Waals surface area contributed by atoms with Crippen molar-refractivity contribution in [3.05, 3.63) is 0 Å². The number of nitrogens with one attached hydrogen (secondary N) is 1. The summed E-state index contributed by atoms with van der Waals surface area (Å²) < 4.78 is 0. The van der Waals surface area contributed by atoms with Gasteiger partial charge >= 0.3 is 0 Å². The highest BCUT2D eigenvalue weighted by Crippen LogP contribution is 2.12. The van der Waals surface area contributed by atoms with E-state index < -0.39 is 0 Å². The summed E-state index contributed by atoms with van der Waals surface area (Å²) in [6.07, 6.45) is 7.61. The average Bonchev–Trinajstić information content (AvgIpc) is 2.34. The molecule has 1 amide bonds. The molecule has 1 rings (SSSR count). The molecule has 0 aromatic heterocycles. The van der Waals surface area contributed by atoms with Crippen molar-refractivity contribution in [1.82, 2.24) is 10.2 Å². The van der Waals surface area contributed by atoms with Crippen molar-refractivity contribution in [2.24, 2.45) is 0 Å². The van der Waals surface area contributed by atoms with Gasteiger partial charge in [0.15, 0.2) is 0 Å². The fourth-order valence-electron chi connectivity index (χ4n) is 2.01.